The third-order valence-electron chi connectivity index (χ3n) is 2.32. The Hall–Kier alpha value is -0.160. The van der Waals surface area contributed by atoms with Gasteiger partial charge in [0.05, 0.1) is 39.6 Å². The van der Waals surface area contributed by atoms with Crippen LogP contribution in [0.15, 0.2) is 0 Å². The van der Waals surface area contributed by atoms with Crippen molar-refractivity contribution >= 4 is 0 Å². The summed E-state index contributed by atoms with van der Waals surface area (Å²) in [6.45, 7) is 18.0. The van der Waals surface area contributed by atoms with E-state index in [4.69, 9.17) is 18.9 Å². The Bertz CT molecular complexity index is 166. The summed E-state index contributed by atoms with van der Waals surface area (Å²) in [4.78, 5) is 0. The summed E-state index contributed by atoms with van der Waals surface area (Å²) >= 11 is 0. The van der Waals surface area contributed by atoms with Crippen molar-refractivity contribution in [3.8, 4) is 0 Å². The largest absolute Gasteiger partial charge is 0.379 e. The molecule has 0 heterocycles. The van der Waals surface area contributed by atoms with Gasteiger partial charge in [-0.2, -0.15) is 0 Å². The number of hydrogen-bond donors (Lipinski definition) is 0. The van der Waals surface area contributed by atoms with Crippen LogP contribution in [0.1, 0.15) is 48.0 Å². The van der Waals surface area contributed by atoms with Gasteiger partial charge in [-0.15, -0.1) is 0 Å². The molecule has 0 saturated heterocycles. The fourth-order valence-corrected chi connectivity index (χ4v) is 1.18. The van der Waals surface area contributed by atoms with Gasteiger partial charge in [-0.05, 0) is 18.8 Å². The molecule has 0 amide bonds. The molecule has 0 rings (SSSR count). The zero-order valence-electron chi connectivity index (χ0n) is 14.5. The molecule has 0 aliphatic carbocycles. The number of rotatable bonds is 12. The van der Waals surface area contributed by atoms with Gasteiger partial charge in [0.2, 0.25) is 0 Å². The smallest absolute Gasteiger partial charge is 0.0701 e. The van der Waals surface area contributed by atoms with Crippen molar-refractivity contribution in [3.05, 3.63) is 0 Å². The Labute approximate surface area is 126 Å². The highest BCUT2D eigenvalue weighted by Gasteiger charge is 2.08. The second-order valence-corrected chi connectivity index (χ2v) is 5.34. The lowest BCUT2D eigenvalue weighted by molar-refractivity contribution is -0.00285. The average Bonchev–Trinajstić information content (AvgIpc) is 2.41. The molecular formula is C16H36O4. The van der Waals surface area contributed by atoms with E-state index in [9.17, 15) is 0 Å². The maximum Gasteiger partial charge on any atom is 0.0701 e. The van der Waals surface area contributed by atoms with Gasteiger partial charge in [0.25, 0.3) is 0 Å². The third kappa shape index (κ3) is 23.0. The predicted molar refractivity (Wildman–Crippen MR) is 84.4 cm³/mol. The zero-order chi connectivity index (χ0) is 15.7. The molecule has 0 aliphatic rings. The standard InChI is InChI=1S/C14H30O4.C2H6/c1-5-15-8-9-17-12-13-18-11-10-16-7-6-14(2,3)4;1-2/h5-13H2,1-4H3;1-2H3. The molecule has 20 heavy (non-hydrogen) atoms. The van der Waals surface area contributed by atoms with Crippen molar-refractivity contribution in [2.24, 2.45) is 5.41 Å². The van der Waals surface area contributed by atoms with Crippen molar-refractivity contribution in [2.45, 2.75) is 48.0 Å². The van der Waals surface area contributed by atoms with Crippen LogP contribution in [0.5, 0.6) is 0 Å². The molecule has 0 spiro atoms. The lowest BCUT2D eigenvalue weighted by Crippen LogP contribution is -2.14. The number of ether oxygens (including phenoxy) is 4. The van der Waals surface area contributed by atoms with Gasteiger partial charge in [-0.1, -0.05) is 34.6 Å². The van der Waals surface area contributed by atoms with E-state index in [1.54, 1.807) is 0 Å². The molecule has 0 atom stereocenters. The molecule has 4 nitrogen and oxygen atoms in total. The highest BCUT2D eigenvalue weighted by molar-refractivity contribution is 4.59. The summed E-state index contributed by atoms with van der Waals surface area (Å²) in [7, 11) is 0. The van der Waals surface area contributed by atoms with Gasteiger partial charge in [0, 0.05) is 13.2 Å². The van der Waals surface area contributed by atoms with E-state index in [1.807, 2.05) is 20.8 Å². The van der Waals surface area contributed by atoms with E-state index in [0.717, 1.165) is 19.6 Å². The lowest BCUT2D eigenvalue weighted by Gasteiger charge is -2.17. The van der Waals surface area contributed by atoms with Crippen molar-refractivity contribution < 1.29 is 18.9 Å². The molecule has 0 aromatic carbocycles. The van der Waals surface area contributed by atoms with Crippen LogP contribution in [0.3, 0.4) is 0 Å². The van der Waals surface area contributed by atoms with Crippen LogP contribution in [-0.4, -0.2) is 52.9 Å². The van der Waals surface area contributed by atoms with Gasteiger partial charge in [-0.3, -0.25) is 0 Å². The quantitative estimate of drug-likeness (QED) is 0.516. The average molecular weight is 292 g/mol. The van der Waals surface area contributed by atoms with Crippen LogP contribution < -0.4 is 0 Å². The molecule has 0 aromatic rings. The summed E-state index contributed by atoms with van der Waals surface area (Å²) in [5, 5.41) is 0. The normalized spacial score (nSPS) is 11.1. The minimum Gasteiger partial charge on any atom is -0.379 e. The fourth-order valence-electron chi connectivity index (χ4n) is 1.18. The highest BCUT2D eigenvalue weighted by Crippen LogP contribution is 2.17. The predicted octanol–water partition coefficient (Wildman–Crippen LogP) is 3.54. The Morgan fingerprint density at radius 1 is 0.600 bits per heavy atom. The van der Waals surface area contributed by atoms with Gasteiger partial charge >= 0.3 is 0 Å². The second-order valence-electron chi connectivity index (χ2n) is 5.34. The summed E-state index contributed by atoms with van der Waals surface area (Å²) < 4.78 is 21.3. The third-order valence-corrected chi connectivity index (χ3v) is 2.32. The van der Waals surface area contributed by atoms with Crippen molar-refractivity contribution in [3.63, 3.8) is 0 Å². The zero-order valence-corrected chi connectivity index (χ0v) is 14.5. The molecular weight excluding hydrogens is 256 g/mol. The van der Waals surface area contributed by atoms with Crippen LogP contribution in [0.4, 0.5) is 0 Å². The first-order valence-electron chi connectivity index (χ1n) is 7.87. The maximum atomic E-state index is 5.48. The van der Waals surface area contributed by atoms with Crippen LogP contribution in [0, 0.1) is 5.41 Å². The van der Waals surface area contributed by atoms with Gasteiger partial charge in [0.1, 0.15) is 0 Å². The van der Waals surface area contributed by atoms with Crippen LogP contribution >= 0.6 is 0 Å². The summed E-state index contributed by atoms with van der Waals surface area (Å²) in [5.74, 6) is 0. The van der Waals surface area contributed by atoms with Gasteiger partial charge in [-0.25, -0.2) is 0 Å². The van der Waals surface area contributed by atoms with Crippen LogP contribution in [0.25, 0.3) is 0 Å². The summed E-state index contributed by atoms with van der Waals surface area (Å²) in [5.41, 5.74) is 0.343. The number of hydrogen-bond acceptors (Lipinski definition) is 4. The Morgan fingerprint density at radius 3 is 1.30 bits per heavy atom. The van der Waals surface area contributed by atoms with E-state index in [-0.39, 0.29) is 0 Å². The maximum absolute atomic E-state index is 5.48. The first-order valence-corrected chi connectivity index (χ1v) is 7.87. The topological polar surface area (TPSA) is 36.9 Å². The van der Waals surface area contributed by atoms with E-state index in [0.29, 0.717) is 45.1 Å². The molecule has 0 aromatic heterocycles. The van der Waals surface area contributed by atoms with Crippen molar-refractivity contribution in [1.82, 2.24) is 0 Å². The van der Waals surface area contributed by atoms with E-state index in [1.165, 1.54) is 0 Å². The van der Waals surface area contributed by atoms with Crippen LogP contribution in [-0.2, 0) is 18.9 Å². The SMILES string of the molecule is CC.CCOCCOCCOCCOCCC(C)(C)C. The van der Waals surface area contributed by atoms with E-state index < -0.39 is 0 Å². The summed E-state index contributed by atoms with van der Waals surface area (Å²) in [6, 6.07) is 0. The fraction of sp³-hybridized carbons (Fsp3) is 1.00. The van der Waals surface area contributed by atoms with E-state index in [2.05, 4.69) is 20.8 Å². The Kier molecular flexibility index (Phi) is 18.7. The van der Waals surface area contributed by atoms with Crippen LogP contribution in [0.2, 0.25) is 0 Å². The molecule has 0 N–H and O–H groups in total. The molecule has 0 bridgehead atoms. The molecule has 0 radical (unpaired) electrons. The molecule has 0 saturated carbocycles. The monoisotopic (exact) mass is 292 g/mol. The first-order chi connectivity index (χ1) is 9.56. The van der Waals surface area contributed by atoms with Crippen molar-refractivity contribution in [1.29, 1.82) is 0 Å². The summed E-state index contributed by atoms with van der Waals surface area (Å²) in [6.07, 6.45) is 1.08. The minimum atomic E-state index is 0.343. The molecule has 0 aliphatic heterocycles. The Morgan fingerprint density at radius 2 is 0.950 bits per heavy atom. The highest BCUT2D eigenvalue weighted by atomic mass is 16.6. The Balaban J connectivity index is 0. The first kappa shape index (κ1) is 22.1. The lowest BCUT2D eigenvalue weighted by atomic mass is 9.93. The van der Waals surface area contributed by atoms with Crippen molar-refractivity contribution in [2.75, 3.05) is 52.9 Å². The van der Waals surface area contributed by atoms with Gasteiger partial charge in [0.15, 0.2) is 0 Å². The van der Waals surface area contributed by atoms with E-state index >= 15 is 0 Å². The molecule has 4 heteroatoms. The molecule has 124 valence electrons. The second kappa shape index (κ2) is 16.9. The molecule has 0 fully saturated rings. The minimum absolute atomic E-state index is 0.343. The van der Waals surface area contributed by atoms with Gasteiger partial charge < -0.3 is 18.9 Å². The molecule has 0 unspecified atom stereocenters.